The van der Waals surface area contributed by atoms with Crippen LogP contribution in [0.5, 0.6) is 0 Å². The van der Waals surface area contributed by atoms with Crippen LogP contribution in [0.2, 0.25) is 5.02 Å². The fourth-order valence-corrected chi connectivity index (χ4v) is 4.42. The zero-order valence-electron chi connectivity index (χ0n) is 16.9. The van der Waals surface area contributed by atoms with E-state index in [1.165, 1.54) is 0 Å². The molecular weight excluding hydrogens is 513 g/mol. The number of sulfonamides is 1. The third-order valence-electron chi connectivity index (χ3n) is 4.19. The van der Waals surface area contributed by atoms with Gasteiger partial charge in [-0.05, 0) is 32.9 Å². The molecular formula is C18H31ClIN5O2S. The summed E-state index contributed by atoms with van der Waals surface area (Å²) < 4.78 is 25.7. The van der Waals surface area contributed by atoms with Gasteiger partial charge < -0.3 is 15.1 Å². The van der Waals surface area contributed by atoms with E-state index < -0.39 is 15.6 Å². The summed E-state index contributed by atoms with van der Waals surface area (Å²) >= 11 is 6.31. The average molecular weight is 544 g/mol. The molecule has 0 spiro atoms. The Kier molecular flexibility index (Phi) is 9.78. The van der Waals surface area contributed by atoms with Crippen molar-refractivity contribution in [3.8, 4) is 0 Å². The van der Waals surface area contributed by atoms with Crippen LogP contribution in [-0.2, 0) is 10.0 Å². The molecule has 1 aromatic carbocycles. The molecule has 0 aromatic heterocycles. The van der Waals surface area contributed by atoms with Crippen molar-refractivity contribution in [1.82, 2.24) is 14.9 Å². The van der Waals surface area contributed by atoms with Gasteiger partial charge in [-0.25, -0.2) is 13.1 Å². The van der Waals surface area contributed by atoms with Crippen LogP contribution in [0.15, 0.2) is 29.3 Å². The number of para-hydroxylation sites is 1. The van der Waals surface area contributed by atoms with Crippen LogP contribution in [0.1, 0.15) is 20.8 Å². The Balaban J connectivity index is 0.00000392. The Morgan fingerprint density at radius 3 is 2.36 bits per heavy atom. The van der Waals surface area contributed by atoms with E-state index in [0.29, 0.717) is 6.54 Å². The predicted octanol–water partition coefficient (Wildman–Crippen LogP) is 2.37. The number of guanidine groups is 1. The lowest BCUT2D eigenvalue weighted by molar-refractivity contribution is 0.369. The van der Waals surface area contributed by atoms with Crippen molar-refractivity contribution < 1.29 is 8.42 Å². The molecule has 1 fully saturated rings. The molecule has 0 bridgehead atoms. The van der Waals surface area contributed by atoms with Gasteiger partial charge in [0.2, 0.25) is 10.0 Å². The first-order chi connectivity index (χ1) is 12.6. The van der Waals surface area contributed by atoms with Crippen molar-refractivity contribution in [1.29, 1.82) is 0 Å². The molecule has 1 aliphatic rings. The van der Waals surface area contributed by atoms with Crippen LogP contribution >= 0.6 is 35.6 Å². The molecule has 0 amide bonds. The Bertz CT molecular complexity index is 765. The van der Waals surface area contributed by atoms with Crippen molar-refractivity contribution >= 4 is 57.2 Å². The second-order valence-corrected chi connectivity index (χ2v) is 9.51. The Morgan fingerprint density at radius 1 is 1.21 bits per heavy atom. The molecule has 0 unspecified atom stereocenters. The number of halogens is 2. The van der Waals surface area contributed by atoms with E-state index in [9.17, 15) is 8.42 Å². The number of nitrogens with zero attached hydrogens (tertiary/aromatic N) is 3. The minimum Gasteiger partial charge on any atom is -0.367 e. The van der Waals surface area contributed by atoms with Crippen molar-refractivity contribution in [2.24, 2.45) is 4.99 Å². The molecule has 1 heterocycles. The summed E-state index contributed by atoms with van der Waals surface area (Å²) in [6, 6.07) is 7.88. The summed E-state index contributed by atoms with van der Waals surface area (Å²) in [6.07, 6.45) is 1.16. The SMILES string of the molecule is CCNC(=NCC(C)(C)NS(C)(=O)=O)N1CCN(c2ccccc2Cl)CC1.I. The van der Waals surface area contributed by atoms with Crippen LogP contribution in [0.4, 0.5) is 5.69 Å². The standard InChI is InChI=1S/C18H30ClN5O2S.HI/c1-5-20-17(21-14-18(2,3)22-27(4,25)26)24-12-10-23(11-13-24)16-9-7-6-8-15(16)19;/h6-9,22H,5,10-14H2,1-4H3,(H,20,21);1H. The summed E-state index contributed by atoms with van der Waals surface area (Å²) in [5.41, 5.74) is 0.410. The molecule has 160 valence electrons. The first-order valence-electron chi connectivity index (χ1n) is 9.13. The van der Waals surface area contributed by atoms with Gasteiger partial charge in [-0.3, -0.25) is 4.99 Å². The highest BCUT2D eigenvalue weighted by atomic mass is 127. The van der Waals surface area contributed by atoms with E-state index in [1.807, 2.05) is 45.0 Å². The van der Waals surface area contributed by atoms with Gasteiger partial charge in [0.25, 0.3) is 0 Å². The zero-order valence-corrected chi connectivity index (χ0v) is 20.8. The molecule has 28 heavy (non-hydrogen) atoms. The number of hydrogen-bond donors (Lipinski definition) is 2. The molecule has 0 radical (unpaired) electrons. The van der Waals surface area contributed by atoms with Gasteiger partial charge in [-0.2, -0.15) is 0 Å². The van der Waals surface area contributed by atoms with E-state index in [1.54, 1.807) is 0 Å². The predicted molar refractivity (Wildman–Crippen MR) is 129 cm³/mol. The number of hydrogen-bond acceptors (Lipinski definition) is 4. The van der Waals surface area contributed by atoms with Crippen LogP contribution < -0.4 is 14.9 Å². The second-order valence-electron chi connectivity index (χ2n) is 7.35. The number of aliphatic imine (C=N–C) groups is 1. The summed E-state index contributed by atoms with van der Waals surface area (Å²) in [5, 5.41) is 4.07. The lowest BCUT2D eigenvalue weighted by atomic mass is 10.1. The topological polar surface area (TPSA) is 77.0 Å². The molecule has 2 N–H and O–H groups in total. The lowest BCUT2D eigenvalue weighted by Crippen LogP contribution is -2.53. The summed E-state index contributed by atoms with van der Waals surface area (Å²) in [4.78, 5) is 9.15. The summed E-state index contributed by atoms with van der Waals surface area (Å²) in [7, 11) is -3.28. The fraction of sp³-hybridized carbons (Fsp3) is 0.611. The summed E-state index contributed by atoms with van der Waals surface area (Å²) in [5.74, 6) is 0.805. The molecule has 1 aromatic rings. The van der Waals surface area contributed by atoms with Gasteiger partial charge in [0, 0.05) is 38.3 Å². The zero-order chi connectivity index (χ0) is 20.1. The highest BCUT2D eigenvalue weighted by molar-refractivity contribution is 14.0. The van der Waals surface area contributed by atoms with Gasteiger partial charge in [0.15, 0.2) is 5.96 Å². The molecule has 1 saturated heterocycles. The van der Waals surface area contributed by atoms with Crippen LogP contribution in [0.3, 0.4) is 0 Å². The van der Waals surface area contributed by atoms with Gasteiger partial charge in [0.05, 0.1) is 23.5 Å². The third kappa shape index (κ3) is 7.92. The van der Waals surface area contributed by atoms with Gasteiger partial charge in [0.1, 0.15) is 0 Å². The third-order valence-corrected chi connectivity index (χ3v) is 5.44. The monoisotopic (exact) mass is 543 g/mol. The van der Waals surface area contributed by atoms with E-state index in [2.05, 4.69) is 24.8 Å². The first kappa shape index (κ1) is 25.3. The molecule has 1 aliphatic heterocycles. The minimum absolute atomic E-state index is 0. The minimum atomic E-state index is -3.28. The highest BCUT2D eigenvalue weighted by Crippen LogP contribution is 2.26. The summed E-state index contributed by atoms with van der Waals surface area (Å²) in [6.45, 7) is 10.1. The van der Waals surface area contributed by atoms with Crippen LogP contribution in [-0.4, -0.2) is 70.3 Å². The van der Waals surface area contributed by atoms with Crippen molar-refractivity contribution in [3.63, 3.8) is 0 Å². The van der Waals surface area contributed by atoms with Gasteiger partial charge >= 0.3 is 0 Å². The Labute approximate surface area is 191 Å². The normalized spacial score (nSPS) is 16.0. The highest BCUT2D eigenvalue weighted by Gasteiger charge is 2.24. The number of benzene rings is 1. The molecule has 2 rings (SSSR count). The molecule has 0 aliphatic carbocycles. The van der Waals surface area contributed by atoms with Crippen molar-refractivity contribution in [2.45, 2.75) is 26.3 Å². The molecule has 0 atom stereocenters. The smallest absolute Gasteiger partial charge is 0.209 e. The van der Waals surface area contributed by atoms with E-state index in [4.69, 9.17) is 11.6 Å². The lowest BCUT2D eigenvalue weighted by Gasteiger charge is -2.38. The molecule has 0 saturated carbocycles. The maximum absolute atomic E-state index is 11.5. The molecule has 10 heteroatoms. The van der Waals surface area contributed by atoms with E-state index in [0.717, 1.165) is 55.6 Å². The quantitative estimate of drug-likeness (QED) is 0.327. The molecule has 7 nitrogen and oxygen atoms in total. The number of nitrogens with one attached hydrogen (secondary N) is 2. The number of rotatable bonds is 6. The van der Waals surface area contributed by atoms with Gasteiger partial charge in [-0.15, -0.1) is 24.0 Å². The second kappa shape index (κ2) is 10.8. The Hall–Kier alpha value is -0.780. The van der Waals surface area contributed by atoms with Gasteiger partial charge in [-0.1, -0.05) is 23.7 Å². The first-order valence-corrected chi connectivity index (χ1v) is 11.4. The van der Waals surface area contributed by atoms with Crippen molar-refractivity contribution in [3.05, 3.63) is 29.3 Å². The van der Waals surface area contributed by atoms with Crippen molar-refractivity contribution in [2.75, 3.05) is 50.4 Å². The van der Waals surface area contributed by atoms with Crippen LogP contribution in [0.25, 0.3) is 0 Å². The largest absolute Gasteiger partial charge is 0.367 e. The Morgan fingerprint density at radius 2 is 1.82 bits per heavy atom. The number of piperazine rings is 1. The number of anilines is 1. The maximum Gasteiger partial charge on any atom is 0.209 e. The van der Waals surface area contributed by atoms with E-state index >= 15 is 0 Å². The average Bonchev–Trinajstić information content (AvgIpc) is 2.57. The van der Waals surface area contributed by atoms with Crippen LogP contribution in [0, 0.1) is 0 Å². The maximum atomic E-state index is 11.5. The van der Waals surface area contributed by atoms with E-state index in [-0.39, 0.29) is 24.0 Å². The fourth-order valence-electron chi connectivity index (χ4n) is 3.10.